The molecule has 6 nitrogen and oxygen atoms in total. The Kier molecular flexibility index (Phi) is 7.39. The van der Waals surface area contributed by atoms with E-state index in [4.69, 9.17) is 28.6 Å². The molecule has 0 fully saturated rings. The van der Waals surface area contributed by atoms with Gasteiger partial charge in [-0.3, -0.25) is 25.8 Å². The lowest BCUT2D eigenvalue weighted by atomic mass is 10.2. The molecule has 136 valence electrons. The van der Waals surface area contributed by atoms with Gasteiger partial charge in [0, 0.05) is 15.1 Å². The number of carbonyl (C=O) groups excluding carboxylic acids is 2. The molecule has 3 N–H and O–H groups in total. The summed E-state index contributed by atoms with van der Waals surface area (Å²) in [6, 6.07) is 9.64. The first-order valence-corrected chi connectivity index (χ1v) is 9.39. The largest absolute Gasteiger partial charge is 0.495 e. The predicted molar refractivity (Wildman–Crippen MR) is 111 cm³/mol. The fourth-order valence-electron chi connectivity index (χ4n) is 1.93. The number of hydrogen-bond acceptors (Lipinski definition) is 4. The second-order valence-electron chi connectivity index (χ2n) is 4.84. The van der Waals surface area contributed by atoms with Gasteiger partial charge in [0.25, 0.3) is 11.8 Å². The minimum atomic E-state index is -0.498. The minimum Gasteiger partial charge on any atom is -0.495 e. The van der Waals surface area contributed by atoms with E-state index in [0.29, 0.717) is 25.3 Å². The van der Waals surface area contributed by atoms with Crippen LogP contribution < -0.4 is 20.9 Å². The Morgan fingerprint density at radius 2 is 1.73 bits per heavy atom. The molecule has 0 heterocycles. The average molecular weight is 522 g/mol. The highest BCUT2D eigenvalue weighted by Crippen LogP contribution is 2.32. The molecule has 10 heteroatoms. The Hall–Kier alpha value is -1.68. The number of nitrogens with one attached hydrogen (secondary N) is 3. The van der Waals surface area contributed by atoms with Gasteiger partial charge in [-0.05, 0) is 64.5 Å². The van der Waals surface area contributed by atoms with Crippen molar-refractivity contribution in [1.29, 1.82) is 0 Å². The van der Waals surface area contributed by atoms with E-state index in [1.165, 1.54) is 7.11 Å². The minimum absolute atomic E-state index is 0.0736. The van der Waals surface area contributed by atoms with Gasteiger partial charge in [-0.2, -0.15) is 0 Å². The van der Waals surface area contributed by atoms with Gasteiger partial charge < -0.3 is 4.74 Å². The third-order valence-electron chi connectivity index (χ3n) is 3.08. The van der Waals surface area contributed by atoms with Gasteiger partial charge >= 0.3 is 0 Å². The highest BCUT2D eigenvalue weighted by molar-refractivity contribution is 9.11. The molecule has 0 unspecified atom stereocenters. The maximum Gasteiger partial charge on any atom is 0.269 e. The number of benzene rings is 2. The fourth-order valence-corrected chi connectivity index (χ4v) is 3.58. The molecule has 26 heavy (non-hydrogen) atoms. The predicted octanol–water partition coefficient (Wildman–Crippen LogP) is 3.82. The summed E-state index contributed by atoms with van der Waals surface area (Å²) >= 11 is 17.4. The fraction of sp³-hybridized carbons (Fsp3) is 0.0625. The number of rotatable bonds is 3. The van der Waals surface area contributed by atoms with Crippen LogP contribution in [-0.4, -0.2) is 24.0 Å². The second-order valence-corrected chi connectivity index (χ2v) is 7.45. The second kappa shape index (κ2) is 9.31. The van der Waals surface area contributed by atoms with Crippen LogP contribution >= 0.6 is 55.7 Å². The lowest BCUT2D eigenvalue weighted by Gasteiger charge is -2.13. The van der Waals surface area contributed by atoms with Crippen LogP contribution in [0.15, 0.2) is 45.3 Å². The molecule has 0 atom stereocenters. The maximum absolute atomic E-state index is 12.4. The molecule has 0 saturated carbocycles. The summed E-state index contributed by atoms with van der Waals surface area (Å²) in [6.45, 7) is 0. The van der Waals surface area contributed by atoms with Gasteiger partial charge in [0.15, 0.2) is 5.11 Å². The van der Waals surface area contributed by atoms with E-state index >= 15 is 0 Å². The SMILES string of the molecule is COc1c(Br)cc(Br)cc1C(=O)NC(=S)NNC(=O)c1ccc(Cl)cc1. The Bertz CT molecular complexity index is 863. The molecule has 0 aromatic heterocycles. The van der Waals surface area contributed by atoms with Crippen LogP contribution in [0, 0.1) is 0 Å². The summed E-state index contributed by atoms with van der Waals surface area (Å²) < 4.78 is 6.52. The van der Waals surface area contributed by atoms with E-state index in [2.05, 4.69) is 48.0 Å². The Labute approximate surface area is 176 Å². The van der Waals surface area contributed by atoms with Gasteiger partial charge in [-0.25, -0.2) is 0 Å². The van der Waals surface area contributed by atoms with Crippen LogP contribution in [0.2, 0.25) is 5.02 Å². The van der Waals surface area contributed by atoms with Crippen molar-refractivity contribution in [3.63, 3.8) is 0 Å². The molecule has 0 bridgehead atoms. The van der Waals surface area contributed by atoms with Gasteiger partial charge in [-0.1, -0.05) is 27.5 Å². The molecule has 0 saturated heterocycles. The topological polar surface area (TPSA) is 79.5 Å². The number of amides is 2. The van der Waals surface area contributed by atoms with Crippen molar-refractivity contribution in [3.05, 3.63) is 61.5 Å². The standard InChI is InChI=1S/C16H12Br2ClN3O3S/c1-25-13-11(6-9(17)7-12(13)18)15(24)20-16(26)22-21-14(23)8-2-4-10(19)5-3-8/h2-7H,1H3,(H,21,23)(H2,20,22,24,26). The van der Waals surface area contributed by atoms with Crippen LogP contribution in [-0.2, 0) is 0 Å². The summed E-state index contributed by atoms with van der Waals surface area (Å²) in [5.74, 6) is -0.568. The van der Waals surface area contributed by atoms with Crippen LogP contribution in [0.1, 0.15) is 20.7 Å². The van der Waals surface area contributed by atoms with Gasteiger partial charge in [-0.15, -0.1) is 0 Å². The zero-order valence-electron chi connectivity index (χ0n) is 13.2. The monoisotopic (exact) mass is 519 g/mol. The summed E-state index contributed by atoms with van der Waals surface area (Å²) in [6.07, 6.45) is 0. The Morgan fingerprint density at radius 1 is 1.08 bits per heavy atom. The van der Waals surface area contributed by atoms with E-state index in [1.54, 1.807) is 36.4 Å². The first kappa shape index (κ1) is 20.6. The number of hydrazine groups is 1. The molecule has 2 rings (SSSR count). The summed E-state index contributed by atoms with van der Waals surface area (Å²) in [5, 5.41) is 2.91. The third-order valence-corrected chi connectivity index (χ3v) is 4.58. The van der Waals surface area contributed by atoms with Crippen molar-refractivity contribution < 1.29 is 14.3 Å². The maximum atomic E-state index is 12.4. The molecule has 0 aliphatic heterocycles. The van der Waals surface area contributed by atoms with E-state index < -0.39 is 11.8 Å². The molecule has 0 aliphatic carbocycles. The van der Waals surface area contributed by atoms with Crippen LogP contribution in [0.5, 0.6) is 5.75 Å². The first-order chi connectivity index (χ1) is 12.3. The highest BCUT2D eigenvalue weighted by atomic mass is 79.9. The van der Waals surface area contributed by atoms with Crippen LogP contribution in [0.25, 0.3) is 0 Å². The molecule has 2 aromatic carbocycles. The molecule has 2 aromatic rings. The molecule has 2 amide bonds. The van der Waals surface area contributed by atoms with Gasteiger partial charge in [0.1, 0.15) is 5.75 Å². The molecular formula is C16H12Br2ClN3O3S. The molecule has 0 radical (unpaired) electrons. The zero-order chi connectivity index (χ0) is 19.3. The van der Waals surface area contributed by atoms with Crippen LogP contribution in [0.4, 0.5) is 0 Å². The first-order valence-electron chi connectivity index (χ1n) is 7.02. The van der Waals surface area contributed by atoms with E-state index in [1.807, 2.05) is 0 Å². The Morgan fingerprint density at radius 3 is 2.35 bits per heavy atom. The van der Waals surface area contributed by atoms with Crippen molar-refractivity contribution in [2.24, 2.45) is 0 Å². The number of carbonyl (C=O) groups is 2. The van der Waals surface area contributed by atoms with Gasteiger partial charge in [0.05, 0.1) is 17.1 Å². The van der Waals surface area contributed by atoms with Gasteiger partial charge in [0.2, 0.25) is 0 Å². The van der Waals surface area contributed by atoms with Crippen molar-refractivity contribution in [2.45, 2.75) is 0 Å². The van der Waals surface area contributed by atoms with E-state index in [0.717, 1.165) is 0 Å². The molecule has 0 spiro atoms. The Balaban J connectivity index is 1.98. The number of methoxy groups -OCH3 is 1. The highest BCUT2D eigenvalue weighted by Gasteiger charge is 2.17. The quantitative estimate of drug-likeness (QED) is 0.423. The van der Waals surface area contributed by atoms with Crippen molar-refractivity contribution in [1.82, 2.24) is 16.2 Å². The number of ether oxygens (including phenoxy) is 1. The van der Waals surface area contributed by atoms with E-state index in [9.17, 15) is 9.59 Å². The average Bonchev–Trinajstić information content (AvgIpc) is 2.59. The van der Waals surface area contributed by atoms with Crippen molar-refractivity contribution >= 4 is 72.6 Å². The summed E-state index contributed by atoms with van der Waals surface area (Å²) in [7, 11) is 1.45. The van der Waals surface area contributed by atoms with Crippen molar-refractivity contribution in [2.75, 3.05) is 7.11 Å². The van der Waals surface area contributed by atoms with Crippen LogP contribution in [0.3, 0.4) is 0 Å². The number of hydrogen-bond donors (Lipinski definition) is 3. The third kappa shape index (κ3) is 5.41. The molecular weight excluding hydrogens is 510 g/mol. The summed E-state index contributed by atoms with van der Waals surface area (Å²) in [5.41, 5.74) is 5.50. The number of thiocarbonyl (C=S) groups is 1. The van der Waals surface area contributed by atoms with E-state index in [-0.39, 0.29) is 10.7 Å². The normalized spacial score (nSPS) is 10.0. The van der Waals surface area contributed by atoms with Crippen molar-refractivity contribution in [3.8, 4) is 5.75 Å². The zero-order valence-corrected chi connectivity index (χ0v) is 18.0. The summed E-state index contributed by atoms with van der Waals surface area (Å²) in [4.78, 5) is 24.4. The smallest absolute Gasteiger partial charge is 0.269 e. The number of halogens is 3. The molecule has 0 aliphatic rings. The lowest BCUT2D eigenvalue weighted by Crippen LogP contribution is -2.48. The lowest BCUT2D eigenvalue weighted by molar-refractivity contribution is 0.0934.